The lowest BCUT2D eigenvalue weighted by atomic mass is 10.1. The number of sulfone groups is 1. The summed E-state index contributed by atoms with van der Waals surface area (Å²) in [4.78, 5) is 0. The van der Waals surface area contributed by atoms with Crippen LogP contribution >= 0.6 is 0 Å². The van der Waals surface area contributed by atoms with E-state index < -0.39 is 15.9 Å². The molecule has 1 aliphatic heterocycles. The van der Waals surface area contributed by atoms with Crippen LogP contribution in [0.1, 0.15) is 18.1 Å². The molecule has 1 aromatic carbocycles. The molecule has 1 heterocycles. The van der Waals surface area contributed by atoms with Gasteiger partial charge in [-0.05, 0) is 12.5 Å². The fraction of sp³-hybridized carbons (Fsp3) is 0.500. The Bertz CT molecular complexity index is 523. The normalized spacial score (nSPS) is 16.3. The number of hydrogen-bond donors (Lipinski definition) is 1. The quantitative estimate of drug-likeness (QED) is 0.882. The van der Waals surface area contributed by atoms with Gasteiger partial charge in [-0.2, -0.15) is 0 Å². The third-order valence-electron chi connectivity index (χ3n) is 2.72. The van der Waals surface area contributed by atoms with Crippen molar-refractivity contribution in [3.05, 3.63) is 23.8 Å². The van der Waals surface area contributed by atoms with Gasteiger partial charge in [-0.1, -0.05) is 12.1 Å². The molecular formula is C12H16O5S. The van der Waals surface area contributed by atoms with E-state index in [4.69, 9.17) is 9.47 Å². The van der Waals surface area contributed by atoms with Gasteiger partial charge in [0.1, 0.15) is 23.1 Å². The highest BCUT2D eigenvalue weighted by Gasteiger charge is 2.21. The smallest absolute Gasteiger partial charge is 0.167 e. The van der Waals surface area contributed by atoms with Gasteiger partial charge >= 0.3 is 0 Å². The van der Waals surface area contributed by atoms with Crippen LogP contribution in [-0.4, -0.2) is 38.7 Å². The summed E-state index contributed by atoms with van der Waals surface area (Å²) in [6, 6.07) is 5.24. The zero-order valence-electron chi connectivity index (χ0n) is 10.1. The summed E-state index contributed by atoms with van der Waals surface area (Å²) in [5, 5.41) is 10.0. The van der Waals surface area contributed by atoms with Gasteiger partial charge in [-0.15, -0.1) is 0 Å². The maximum absolute atomic E-state index is 11.1. The first-order valence-corrected chi connectivity index (χ1v) is 7.78. The van der Waals surface area contributed by atoms with Gasteiger partial charge in [-0.25, -0.2) is 8.42 Å². The van der Waals surface area contributed by atoms with E-state index in [9.17, 15) is 13.5 Å². The molecule has 18 heavy (non-hydrogen) atoms. The van der Waals surface area contributed by atoms with E-state index in [2.05, 4.69) is 0 Å². The Morgan fingerprint density at radius 2 is 2.06 bits per heavy atom. The van der Waals surface area contributed by atoms with E-state index >= 15 is 0 Å². The largest absolute Gasteiger partial charge is 0.486 e. The monoisotopic (exact) mass is 272 g/mol. The number of rotatable bonds is 4. The molecular weight excluding hydrogens is 256 g/mol. The maximum Gasteiger partial charge on any atom is 0.167 e. The van der Waals surface area contributed by atoms with Crippen molar-refractivity contribution >= 4 is 9.84 Å². The SMILES string of the molecule is CS(=O)(=O)CCC(O)c1cccc2c1OCCO2. The van der Waals surface area contributed by atoms with E-state index in [0.717, 1.165) is 6.26 Å². The molecule has 1 atom stereocenters. The number of para-hydroxylation sites is 1. The average Bonchev–Trinajstić information content (AvgIpc) is 2.34. The maximum atomic E-state index is 11.1. The number of benzene rings is 1. The molecule has 0 aliphatic carbocycles. The zero-order chi connectivity index (χ0) is 13.2. The fourth-order valence-corrected chi connectivity index (χ4v) is 2.49. The molecule has 0 spiro atoms. The van der Waals surface area contributed by atoms with Crippen molar-refractivity contribution in [1.82, 2.24) is 0 Å². The van der Waals surface area contributed by atoms with Gasteiger partial charge in [0.25, 0.3) is 0 Å². The Hall–Kier alpha value is -1.27. The van der Waals surface area contributed by atoms with Crippen molar-refractivity contribution < 1.29 is 23.0 Å². The van der Waals surface area contributed by atoms with Crippen molar-refractivity contribution in [2.45, 2.75) is 12.5 Å². The number of aliphatic hydroxyl groups excluding tert-OH is 1. The van der Waals surface area contributed by atoms with E-state index in [1.165, 1.54) is 0 Å². The Morgan fingerprint density at radius 1 is 1.33 bits per heavy atom. The molecule has 0 fully saturated rings. The molecule has 0 aromatic heterocycles. The summed E-state index contributed by atoms with van der Waals surface area (Å²) >= 11 is 0. The van der Waals surface area contributed by atoms with Gasteiger partial charge in [0, 0.05) is 11.8 Å². The summed E-state index contributed by atoms with van der Waals surface area (Å²) in [5.74, 6) is 1.06. The minimum Gasteiger partial charge on any atom is -0.486 e. The predicted molar refractivity (Wildman–Crippen MR) is 66.7 cm³/mol. The average molecular weight is 272 g/mol. The third kappa shape index (κ3) is 3.14. The first-order chi connectivity index (χ1) is 8.47. The summed E-state index contributed by atoms with van der Waals surface area (Å²) in [7, 11) is -3.08. The van der Waals surface area contributed by atoms with Crippen LogP contribution in [0.15, 0.2) is 18.2 Å². The topological polar surface area (TPSA) is 72.8 Å². The van der Waals surface area contributed by atoms with Gasteiger partial charge in [0.05, 0.1) is 11.9 Å². The molecule has 1 aromatic rings. The highest BCUT2D eigenvalue weighted by molar-refractivity contribution is 7.90. The molecule has 100 valence electrons. The van der Waals surface area contributed by atoms with Crippen LogP contribution < -0.4 is 9.47 Å². The second kappa shape index (κ2) is 5.16. The number of fused-ring (bicyclic) bond motifs is 1. The Morgan fingerprint density at radius 3 is 2.78 bits per heavy atom. The van der Waals surface area contributed by atoms with Crippen molar-refractivity contribution in [1.29, 1.82) is 0 Å². The summed E-state index contributed by atoms with van der Waals surface area (Å²) < 4.78 is 33.1. The number of hydrogen-bond acceptors (Lipinski definition) is 5. The van der Waals surface area contributed by atoms with Crippen LogP contribution in [0.25, 0.3) is 0 Å². The Kier molecular flexibility index (Phi) is 3.77. The van der Waals surface area contributed by atoms with Gasteiger partial charge in [0.2, 0.25) is 0 Å². The zero-order valence-corrected chi connectivity index (χ0v) is 10.9. The van der Waals surface area contributed by atoms with Crippen molar-refractivity contribution in [2.24, 2.45) is 0 Å². The first kappa shape index (κ1) is 13.2. The van der Waals surface area contributed by atoms with Crippen molar-refractivity contribution in [3.8, 4) is 11.5 Å². The number of ether oxygens (including phenoxy) is 2. The lowest BCUT2D eigenvalue weighted by Crippen LogP contribution is -2.18. The molecule has 0 amide bonds. The molecule has 1 N–H and O–H groups in total. The van der Waals surface area contributed by atoms with E-state index in [1.807, 2.05) is 0 Å². The predicted octanol–water partition coefficient (Wildman–Crippen LogP) is 0.926. The molecule has 1 aliphatic rings. The molecule has 0 saturated carbocycles. The molecule has 1 unspecified atom stereocenters. The summed E-state index contributed by atoms with van der Waals surface area (Å²) in [5.41, 5.74) is 0.579. The highest BCUT2D eigenvalue weighted by Crippen LogP contribution is 2.37. The van der Waals surface area contributed by atoms with Gasteiger partial charge in [-0.3, -0.25) is 0 Å². The second-order valence-corrected chi connectivity index (χ2v) is 6.57. The van der Waals surface area contributed by atoms with Crippen LogP contribution in [0.2, 0.25) is 0 Å². The van der Waals surface area contributed by atoms with Crippen molar-refractivity contribution in [3.63, 3.8) is 0 Å². The van der Waals surface area contributed by atoms with E-state index in [-0.39, 0.29) is 12.2 Å². The fourth-order valence-electron chi connectivity index (χ4n) is 1.84. The molecule has 0 radical (unpaired) electrons. The Balaban J connectivity index is 2.17. The molecule has 5 nitrogen and oxygen atoms in total. The van der Waals surface area contributed by atoms with Crippen LogP contribution in [-0.2, 0) is 9.84 Å². The molecule has 0 saturated heterocycles. The van der Waals surface area contributed by atoms with Crippen LogP contribution in [0.3, 0.4) is 0 Å². The summed E-state index contributed by atoms with van der Waals surface area (Å²) in [6.07, 6.45) is 0.440. The lowest BCUT2D eigenvalue weighted by molar-refractivity contribution is 0.144. The van der Waals surface area contributed by atoms with E-state index in [0.29, 0.717) is 30.3 Å². The van der Waals surface area contributed by atoms with Crippen LogP contribution in [0.4, 0.5) is 0 Å². The van der Waals surface area contributed by atoms with Crippen LogP contribution in [0, 0.1) is 0 Å². The molecule has 0 bridgehead atoms. The highest BCUT2D eigenvalue weighted by atomic mass is 32.2. The minimum absolute atomic E-state index is 0.0569. The minimum atomic E-state index is -3.08. The van der Waals surface area contributed by atoms with Gasteiger partial charge < -0.3 is 14.6 Å². The van der Waals surface area contributed by atoms with Crippen LogP contribution in [0.5, 0.6) is 11.5 Å². The van der Waals surface area contributed by atoms with Crippen molar-refractivity contribution in [2.75, 3.05) is 25.2 Å². The first-order valence-electron chi connectivity index (χ1n) is 5.71. The molecule has 6 heteroatoms. The standard InChI is InChI=1S/C12H16O5S/c1-18(14,15)8-5-10(13)9-3-2-4-11-12(9)17-7-6-16-11/h2-4,10,13H,5-8H2,1H3. The summed E-state index contributed by atoms with van der Waals surface area (Å²) in [6.45, 7) is 0.915. The van der Waals surface area contributed by atoms with E-state index in [1.54, 1.807) is 18.2 Å². The molecule has 2 rings (SSSR count). The lowest BCUT2D eigenvalue weighted by Gasteiger charge is -2.22. The second-order valence-electron chi connectivity index (χ2n) is 4.31. The van der Waals surface area contributed by atoms with Gasteiger partial charge in [0.15, 0.2) is 11.5 Å². The third-order valence-corrected chi connectivity index (χ3v) is 3.70. The number of aliphatic hydroxyl groups is 1. The Labute approximate surface area is 106 Å².